The Labute approximate surface area is 126 Å². The largest absolute Gasteiger partial charge is 0.327 e. The third-order valence-electron chi connectivity index (χ3n) is 3.55. The molecule has 1 aromatic heterocycles. The molecule has 0 unspecified atom stereocenters. The second-order valence-corrected chi connectivity index (χ2v) is 6.23. The molecule has 0 saturated heterocycles. The van der Waals surface area contributed by atoms with Crippen LogP contribution in [0.5, 0.6) is 0 Å². The molecule has 1 aliphatic rings. The van der Waals surface area contributed by atoms with Crippen LogP contribution in [0.2, 0.25) is 0 Å². The molecule has 0 atom stereocenters. The van der Waals surface area contributed by atoms with Crippen LogP contribution in [0.1, 0.15) is 29.9 Å². The summed E-state index contributed by atoms with van der Waals surface area (Å²) in [6.07, 6.45) is 4.44. The van der Waals surface area contributed by atoms with Gasteiger partial charge < -0.3 is 9.88 Å². The molecule has 1 aliphatic carbocycles. The van der Waals surface area contributed by atoms with Crippen LogP contribution in [-0.4, -0.2) is 15.6 Å². The minimum absolute atomic E-state index is 0.218. The van der Waals surface area contributed by atoms with Crippen molar-refractivity contribution < 1.29 is 4.39 Å². The van der Waals surface area contributed by atoms with E-state index < -0.39 is 0 Å². The quantitative estimate of drug-likeness (QED) is 0.906. The van der Waals surface area contributed by atoms with Gasteiger partial charge in [-0.1, -0.05) is 15.9 Å². The molecule has 5 heteroatoms. The zero-order chi connectivity index (χ0) is 14.1. The van der Waals surface area contributed by atoms with Gasteiger partial charge in [-0.2, -0.15) is 0 Å². The van der Waals surface area contributed by atoms with Crippen LogP contribution in [-0.2, 0) is 13.1 Å². The van der Waals surface area contributed by atoms with Gasteiger partial charge in [-0.05, 0) is 43.5 Å². The van der Waals surface area contributed by atoms with Gasteiger partial charge in [0.1, 0.15) is 11.6 Å². The van der Waals surface area contributed by atoms with Crippen LogP contribution in [0.15, 0.2) is 28.9 Å². The summed E-state index contributed by atoms with van der Waals surface area (Å²) in [6.45, 7) is 3.45. The third kappa shape index (κ3) is 3.27. The second-order valence-electron chi connectivity index (χ2n) is 5.32. The van der Waals surface area contributed by atoms with E-state index in [0.29, 0.717) is 12.6 Å². The van der Waals surface area contributed by atoms with Gasteiger partial charge in [0.25, 0.3) is 0 Å². The molecule has 0 aliphatic heterocycles. The number of imidazole rings is 1. The van der Waals surface area contributed by atoms with Crippen molar-refractivity contribution in [3.05, 3.63) is 51.8 Å². The molecule has 0 bridgehead atoms. The van der Waals surface area contributed by atoms with Crippen molar-refractivity contribution in [2.75, 3.05) is 0 Å². The summed E-state index contributed by atoms with van der Waals surface area (Å²) in [4.78, 5) is 4.37. The molecule has 1 saturated carbocycles. The highest BCUT2D eigenvalue weighted by molar-refractivity contribution is 9.10. The molecule has 3 rings (SSSR count). The van der Waals surface area contributed by atoms with E-state index in [1.54, 1.807) is 6.07 Å². The van der Waals surface area contributed by atoms with Gasteiger partial charge in [0, 0.05) is 29.8 Å². The lowest BCUT2D eigenvalue weighted by atomic mass is 10.2. The molecule has 0 radical (unpaired) electrons. The molecule has 2 aromatic rings. The number of aromatic nitrogens is 2. The summed E-state index contributed by atoms with van der Waals surface area (Å²) in [5, 5.41) is 3.49. The summed E-state index contributed by atoms with van der Waals surface area (Å²) in [6, 6.07) is 5.66. The standard InChI is InChI=1S/C15H17BrFN3/c1-10-18-7-15(8-19-14-2-3-14)20(10)9-11-4-12(16)6-13(17)5-11/h4-7,14,19H,2-3,8-9H2,1H3. The van der Waals surface area contributed by atoms with Gasteiger partial charge in [-0.15, -0.1) is 0 Å². The number of rotatable bonds is 5. The van der Waals surface area contributed by atoms with Gasteiger partial charge in [0.05, 0.1) is 5.69 Å². The Morgan fingerprint density at radius 3 is 2.90 bits per heavy atom. The van der Waals surface area contributed by atoms with Crippen molar-refractivity contribution in [3.8, 4) is 0 Å². The lowest BCUT2D eigenvalue weighted by molar-refractivity contribution is 0.611. The number of nitrogens with one attached hydrogen (secondary N) is 1. The Balaban J connectivity index is 1.79. The lowest BCUT2D eigenvalue weighted by Crippen LogP contribution is -2.18. The first kappa shape index (κ1) is 13.8. The minimum atomic E-state index is -0.218. The number of halogens is 2. The van der Waals surface area contributed by atoms with Gasteiger partial charge >= 0.3 is 0 Å². The molecule has 1 aromatic carbocycles. The molecule has 106 valence electrons. The molecule has 1 N–H and O–H groups in total. The monoisotopic (exact) mass is 337 g/mol. The molecular formula is C15H17BrFN3. The van der Waals surface area contributed by atoms with E-state index in [2.05, 4.69) is 30.8 Å². The maximum atomic E-state index is 13.5. The van der Waals surface area contributed by atoms with Gasteiger partial charge in [-0.25, -0.2) is 9.37 Å². The van der Waals surface area contributed by atoms with E-state index in [4.69, 9.17) is 0 Å². The number of hydrogen-bond acceptors (Lipinski definition) is 2. The van der Waals surface area contributed by atoms with Crippen LogP contribution >= 0.6 is 15.9 Å². The fourth-order valence-corrected chi connectivity index (χ4v) is 2.81. The molecule has 0 amide bonds. The summed E-state index contributed by atoms with van der Waals surface area (Å²) < 4.78 is 16.4. The van der Waals surface area contributed by atoms with E-state index in [1.165, 1.54) is 18.9 Å². The zero-order valence-corrected chi connectivity index (χ0v) is 13.0. The first-order valence-electron chi connectivity index (χ1n) is 6.81. The highest BCUT2D eigenvalue weighted by Gasteiger charge is 2.21. The van der Waals surface area contributed by atoms with E-state index in [-0.39, 0.29) is 5.82 Å². The Bertz CT molecular complexity index is 599. The van der Waals surface area contributed by atoms with Crippen molar-refractivity contribution >= 4 is 15.9 Å². The van der Waals surface area contributed by atoms with Gasteiger partial charge in [0.2, 0.25) is 0 Å². The van der Waals surface area contributed by atoms with E-state index in [1.807, 2.05) is 19.2 Å². The first-order chi connectivity index (χ1) is 9.61. The SMILES string of the molecule is Cc1ncc(CNC2CC2)n1Cc1cc(F)cc(Br)c1. The van der Waals surface area contributed by atoms with Gasteiger partial charge in [-0.3, -0.25) is 0 Å². The minimum Gasteiger partial charge on any atom is -0.327 e. The number of benzene rings is 1. The average Bonchev–Trinajstić information content (AvgIpc) is 3.14. The summed E-state index contributed by atoms with van der Waals surface area (Å²) in [5.41, 5.74) is 2.08. The third-order valence-corrected chi connectivity index (χ3v) is 4.01. The van der Waals surface area contributed by atoms with Crippen molar-refractivity contribution in [3.63, 3.8) is 0 Å². The van der Waals surface area contributed by atoms with Crippen LogP contribution in [0.25, 0.3) is 0 Å². The molecule has 20 heavy (non-hydrogen) atoms. The van der Waals surface area contributed by atoms with E-state index in [9.17, 15) is 4.39 Å². The molecular weight excluding hydrogens is 321 g/mol. The Kier molecular flexibility index (Phi) is 3.89. The lowest BCUT2D eigenvalue weighted by Gasteiger charge is -2.11. The van der Waals surface area contributed by atoms with Crippen molar-refractivity contribution in [1.29, 1.82) is 0 Å². The number of nitrogens with zero attached hydrogens (tertiary/aromatic N) is 2. The maximum absolute atomic E-state index is 13.5. The van der Waals surface area contributed by atoms with E-state index >= 15 is 0 Å². The van der Waals surface area contributed by atoms with Crippen molar-refractivity contribution in [1.82, 2.24) is 14.9 Å². The zero-order valence-electron chi connectivity index (χ0n) is 11.4. The fraction of sp³-hybridized carbons (Fsp3) is 0.400. The smallest absolute Gasteiger partial charge is 0.124 e. The Morgan fingerprint density at radius 2 is 2.20 bits per heavy atom. The summed E-state index contributed by atoms with van der Waals surface area (Å²) >= 11 is 3.33. The average molecular weight is 338 g/mol. The van der Waals surface area contributed by atoms with E-state index in [0.717, 1.165) is 28.1 Å². The summed E-state index contributed by atoms with van der Waals surface area (Å²) in [7, 11) is 0. The number of hydrogen-bond donors (Lipinski definition) is 1. The van der Waals surface area contributed by atoms with Crippen LogP contribution in [0.4, 0.5) is 4.39 Å². The van der Waals surface area contributed by atoms with Crippen molar-refractivity contribution in [2.45, 2.75) is 38.9 Å². The highest BCUT2D eigenvalue weighted by atomic mass is 79.9. The predicted octanol–water partition coefficient (Wildman–Crippen LogP) is 3.39. The fourth-order valence-electron chi connectivity index (χ4n) is 2.29. The normalized spacial score (nSPS) is 14.8. The molecule has 0 spiro atoms. The van der Waals surface area contributed by atoms with Crippen LogP contribution < -0.4 is 5.32 Å². The second kappa shape index (κ2) is 5.66. The highest BCUT2D eigenvalue weighted by Crippen LogP contribution is 2.20. The van der Waals surface area contributed by atoms with Crippen LogP contribution in [0, 0.1) is 12.7 Å². The summed E-state index contributed by atoms with van der Waals surface area (Å²) in [5.74, 6) is 0.739. The van der Waals surface area contributed by atoms with Gasteiger partial charge in [0.15, 0.2) is 0 Å². The molecule has 1 fully saturated rings. The Hall–Kier alpha value is -1.20. The topological polar surface area (TPSA) is 29.9 Å². The van der Waals surface area contributed by atoms with Crippen molar-refractivity contribution in [2.24, 2.45) is 0 Å². The number of aryl methyl sites for hydroxylation is 1. The molecule has 1 heterocycles. The Morgan fingerprint density at radius 1 is 1.40 bits per heavy atom. The molecule has 3 nitrogen and oxygen atoms in total. The van der Waals surface area contributed by atoms with Crippen LogP contribution in [0.3, 0.4) is 0 Å². The predicted molar refractivity (Wildman–Crippen MR) is 80.0 cm³/mol. The maximum Gasteiger partial charge on any atom is 0.124 e. The first-order valence-corrected chi connectivity index (χ1v) is 7.60.